The number of esters is 1. The first-order valence-corrected chi connectivity index (χ1v) is 5.35. The Balaban J connectivity index is 2.11. The van der Waals surface area contributed by atoms with E-state index in [-0.39, 0.29) is 18.7 Å². The standard InChI is InChI=1S/C12H12O4/c13-4-3-7-8(11-6-15-11)1-2-9-10(7)5-16-12(9)14/h1-2,11,13H,3-6H2/t11-/m0/s1. The molecular weight excluding hydrogens is 208 g/mol. The summed E-state index contributed by atoms with van der Waals surface area (Å²) in [5.41, 5.74) is 3.67. The Morgan fingerprint density at radius 3 is 2.94 bits per heavy atom. The van der Waals surface area contributed by atoms with Crippen molar-refractivity contribution in [1.82, 2.24) is 0 Å². The number of rotatable bonds is 3. The van der Waals surface area contributed by atoms with Crippen LogP contribution in [-0.2, 0) is 22.5 Å². The van der Waals surface area contributed by atoms with Gasteiger partial charge in [-0.15, -0.1) is 0 Å². The van der Waals surface area contributed by atoms with Crippen molar-refractivity contribution in [3.05, 3.63) is 34.4 Å². The number of benzene rings is 1. The molecule has 1 aromatic rings. The molecule has 0 bridgehead atoms. The quantitative estimate of drug-likeness (QED) is 0.609. The summed E-state index contributed by atoms with van der Waals surface area (Å²) in [6.07, 6.45) is 0.692. The fourth-order valence-corrected chi connectivity index (χ4v) is 2.22. The number of carbonyl (C=O) groups excluding carboxylic acids is 1. The van der Waals surface area contributed by atoms with Gasteiger partial charge in [0.25, 0.3) is 0 Å². The predicted octanol–water partition coefficient (Wildman–Crippen LogP) is 0.963. The minimum absolute atomic E-state index is 0.0738. The van der Waals surface area contributed by atoms with Crippen molar-refractivity contribution in [2.75, 3.05) is 13.2 Å². The van der Waals surface area contributed by atoms with Crippen molar-refractivity contribution in [2.45, 2.75) is 19.1 Å². The molecule has 2 aliphatic rings. The third-order valence-corrected chi connectivity index (χ3v) is 3.08. The molecule has 1 fully saturated rings. The SMILES string of the molecule is O=C1OCc2c1ccc([C@@H]1CO1)c2CCO. The van der Waals surface area contributed by atoms with E-state index in [0.717, 1.165) is 23.3 Å². The molecule has 0 spiro atoms. The van der Waals surface area contributed by atoms with E-state index in [1.807, 2.05) is 6.07 Å². The van der Waals surface area contributed by atoms with Crippen LogP contribution in [0.2, 0.25) is 0 Å². The average molecular weight is 220 g/mol. The summed E-state index contributed by atoms with van der Waals surface area (Å²) in [7, 11) is 0. The normalized spacial score (nSPS) is 21.8. The van der Waals surface area contributed by atoms with Crippen molar-refractivity contribution < 1.29 is 19.4 Å². The second-order valence-electron chi connectivity index (χ2n) is 4.03. The van der Waals surface area contributed by atoms with Crippen LogP contribution in [0, 0.1) is 0 Å². The fourth-order valence-electron chi connectivity index (χ4n) is 2.22. The summed E-state index contributed by atoms with van der Waals surface area (Å²) in [4.78, 5) is 11.4. The van der Waals surface area contributed by atoms with Gasteiger partial charge in [-0.1, -0.05) is 6.07 Å². The molecule has 0 amide bonds. The van der Waals surface area contributed by atoms with Crippen LogP contribution < -0.4 is 0 Å². The van der Waals surface area contributed by atoms with Crippen LogP contribution in [0.1, 0.15) is 33.2 Å². The van der Waals surface area contributed by atoms with Gasteiger partial charge in [-0.25, -0.2) is 4.79 Å². The molecule has 0 unspecified atom stereocenters. The van der Waals surface area contributed by atoms with E-state index in [1.54, 1.807) is 6.07 Å². The average Bonchev–Trinajstić information content (AvgIpc) is 3.05. The number of carbonyl (C=O) groups is 1. The van der Waals surface area contributed by atoms with Crippen molar-refractivity contribution in [3.8, 4) is 0 Å². The van der Waals surface area contributed by atoms with Crippen LogP contribution in [-0.4, -0.2) is 24.3 Å². The van der Waals surface area contributed by atoms with E-state index in [2.05, 4.69) is 0 Å². The Kier molecular flexibility index (Phi) is 2.19. The van der Waals surface area contributed by atoms with E-state index in [4.69, 9.17) is 14.6 Å². The van der Waals surface area contributed by atoms with E-state index in [9.17, 15) is 4.79 Å². The fraction of sp³-hybridized carbons (Fsp3) is 0.417. The highest BCUT2D eigenvalue weighted by atomic mass is 16.6. The minimum Gasteiger partial charge on any atom is -0.457 e. The third kappa shape index (κ3) is 1.42. The molecule has 0 saturated carbocycles. The summed E-state index contributed by atoms with van der Waals surface area (Å²) in [6, 6.07) is 3.70. The maximum atomic E-state index is 11.4. The van der Waals surface area contributed by atoms with E-state index >= 15 is 0 Å². The molecular formula is C12H12O4. The molecule has 0 radical (unpaired) electrons. The minimum atomic E-state index is -0.266. The largest absolute Gasteiger partial charge is 0.457 e. The molecule has 16 heavy (non-hydrogen) atoms. The number of aliphatic hydroxyl groups excluding tert-OH is 1. The van der Waals surface area contributed by atoms with Crippen LogP contribution in [0.15, 0.2) is 12.1 Å². The van der Waals surface area contributed by atoms with Gasteiger partial charge in [0.1, 0.15) is 12.7 Å². The van der Waals surface area contributed by atoms with Gasteiger partial charge in [0, 0.05) is 12.2 Å². The predicted molar refractivity (Wildman–Crippen MR) is 55.0 cm³/mol. The first-order chi connectivity index (χ1) is 7.81. The smallest absolute Gasteiger partial charge is 0.338 e. The highest BCUT2D eigenvalue weighted by molar-refractivity contribution is 5.94. The van der Waals surface area contributed by atoms with Crippen LogP contribution in [0.25, 0.3) is 0 Å². The molecule has 0 aromatic heterocycles. The van der Waals surface area contributed by atoms with Gasteiger partial charge in [-0.05, 0) is 23.6 Å². The van der Waals surface area contributed by atoms with Gasteiger partial charge in [0.15, 0.2) is 0 Å². The van der Waals surface area contributed by atoms with E-state index in [1.165, 1.54) is 0 Å². The van der Waals surface area contributed by atoms with Crippen molar-refractivity contribution in [3.63, 3.8) is 0 Å². The molecule has 4 nitrogen and oxygen atoms in total. The molecule has 4 heteroatoms. The second-order valence-corrected chi connectivity index (χ2v) is 4.03. The first-order valence-electron chi connectivity index (χ1n) is 5.35. The van der Waals surface area contributed by atoms with Crippen LogP contribution in [0.5, 0.6) is 0 Å². The van der Waals surface area contributed by atoms with Gasteiger partial charge in [0.2, 0.25) is 0 Å². The highest BCUT2D eigenvalue weighted by Gasteiger charge is 2.32. The van der Waals surface area contributed by atoms with Crippen molar-refractivity contribution in [1.29, 1.82) is 0 Å². The number of hydrogen-bond donors (Lipinski definition) is 1. The van der Waals surface area contributed by atoms with Crippen molar-refractivity contribution >= 4 is 5.97 Å². The maximum Gasteiger partial charge on any atom is 0.338 e. The Bertz CT molecular complexity index is 449. The summed E-state index contributed by atoms with van der Waals surface area (Å²) in [5.74, 6) is -0.266. The molecule has 1 aromatic carbocycles. The van der Waals surface area contributed by atoms with Gasteiger partial charge >= 0.3 is 5.97 Å². The molecule has 84 valence electrons. The zero-order valence-corrected chi connectivity index (χ0v) is 8.73. The Hall–Kier alpha value is -1.39. The van der Waals surface area contributed by atoms with Crippen LogP contribution >= 0.6 is 0 Å². The number of cyclic esters (lactones) is 1. The van der Waals surface area contributed by atoms with Crippen LogP contribution in [0.3, 0.4) is 0 Å². The van der Waals surface area contributed by atoms with Gasteiger partial charge in [-0.2, -0.15) is 0 Å². The zero-order valence-electron chi connectivity index (χ0n) is 8.73. The number of ether oxygens (including phenoxy) is 2. The van der Waals surface area contributed by atoms with E-state index < -0.39 is 0 Å². The molecule has 1 atom stereocenters. The van der Waals surface area contributed by atoms with E-state index in [0.29, 0.717) is 18.6 Å². The lowest BCUT2D eigenvalue weighted by Crippen LogP contribution is -2.03. The molecule has 2 heterocycles. The Morgan fingerprint density at radius 1 is 1.44 bits per heavy atom. The van der Waals surface area contributed by atoms with Crippen molar-refractivity contribution in [2.24, 2.45) is 0 Å². The number of fused-ring (bicyclic) bond motifs is 1. The summed E-state index contributed by atoms with van der Waals surface area (Å²) in [5, 5.41) is 9.08. The highest BCUT2D eigenvalue weighted by Crippen LogP contribution is 2.36. The molecule has 1 saturated heterocycles. The zero-order chi connectivity index (χ0) is 11.1. The summed E-state index contributed by atoms with van der Waals surface area (Å²) < 4.78 is 10.3. The topological polar surface area (TPSA) is 59.1 Å². The lowest BCUT2D eigenvalue weighted by Gasteiger charge is -2.09. The van der Waals surface area contributed by atoms with Crippen LogP contribution in [0.4, 0.5) is 0 Å². The third-order valence-electron chi connectivity index (χ3n) is 3.08. The molecule has 0 aliphatic carbocycles. The Morgan fingerprint density at radius 2 is 2.25 bits per heavy atom. The molecule has 2 aliphatic heterocycles. The monoisotopic (exact) mass is 220 g/mol. The summed E-state index contributed by atoms with van der Waals surface area (Å²) >= 11 is 0. The number of hydrogen-bond acceptors (Lipinski definition) is 4. The second kappa shape index (κ2) is 3.57. The van der Waals surface area contributed by atoms with Gasteiger partial charge in [0.05, 0.1) is 12.2 Å². The lowest BCUT2D eigenvalue weighted by molar-refractivity contribution is 0.0534. The number of aliphatic hydroxyl groups is 1. The summed E-state index contributed by atoms with van der Waals surface area (Å²) in [6.45, 7) is 1.13. The molecule has 3 rings (SSSR count). The number of epoxide rings is 1. The lowest BCUT2D eigenvalue weighted by atomic mass is 9.94. The van der Waals surface area contributed by atoms with Gasteiger partial charge < -0.3 is 14.6 Å². The maximum absolute atomic E-state index is 11.4. The first kappa shape index (κ1) is 9.81. The van der Waals surface area contributed by atoms with Gasteiger partial charge in [-0.3, -0.25) is 0 Å². The Labute approximate surface area is 92.8 Å². The molecule has 1 N–H and O–H groups in total.